The Morgan fingerprint density at radius 3 is 2.45 bits per heavy atom. The van der Waals surface area contributed by atoms with Gasteiger partial charge < -0.3 is 20.6 Å². The molecule has 3 amide bonds. The Labute approximate surface area is 128 Å². The van der Waals surface area contributed by atoms with Gasteiger partial charge in [-0.25, -0.2) is 4.79 Å². The number of nitrogens with zero attached hydrogens (tertiary/aromatic N) is 1. The Kier molecular flexibility index (Phi) is 8.08. The number of carbonyl (C=O) groups excluding carboxylic acids is 4. The van der Waals surface area contributed by atoms with Crippen LogP contribution < -0.4 is 11.1 Å². The van der Waals surface area contributed by atoms with Gasteiger partial charge >= 0.3 is 5.97 Å². The zero-order chi connectivity index (χ0) is 16.4. The fraction of sp³-hybridized carbons (Fsp3) is 0.692. The van der Waals surface area contributed by atoms with E-state index in [1.807, 2.05) is 0 Å². The van der Waals surface area contributed by atoms with Crippen molar-refractivity contribution in [2.24, 2.45) is 5.73 Å². The van der Waals surface area contributed by atoms with Crippen LogP contribution in [0.2, 0.25) is 0 Å². The number of hydrogen-bond donors (Lipinski definition) is 2. The minimum absolute atomic E-state index is 0.0475. The first-order valence-electron chi connectivity index (χ1n) is 7.15. The van der Waals surface area contributed by atoms with E-state index in [1.165, 1.54) is 0 Å². The van der Waals surface area contributed by atoms with Gasteiger partial charge in [0.15, 0.2) is 0 Å². The molecular formula is C13H21N3O6. The third-order valence-corrected chi connectivity index (χ3v) is 2.81. The summed E-state index contributed by atoms with van der Waals surface area (Å²) in [5.74, 6) is -1.96. The number of hydroxylamine groups is 2. The van der Waals surface area contributed by atoms with Crippen LogP contribution in [0.3, 0.4) is 0 Å². The van der Waals surface area contributed by atoms with Crippen LogP contribution in [-0.2, 0) is 28.8 Å². The topological polar surface area (TPSA) is 128 Å². The molecule has 1 saturated heterocycles. The van der Waals surface area contributed by atoms with Crippen LogP contribution in [0.1, 0.15) is 32.1 Å². The quantitative estimate of drug-likeness (QED) is 0.385. The van der Waals surface area contributed by atoms with Crippen molar-refractivity contribution in [2.75, 3.05) is 26.3 Å². The largest absolute Gasteiger partial charge is 0.378 e. The molecule has 0 bridgehead atoms. The average molecular weight is 315 g/mol. The lowest BCUT2D eigenvalue weighted by Gasteiger charge is -2.12. The summed E-state index contributed by atoms with van der Waals surface area (Å²) < 4.78 is 5.09. The molecule has 0 aromatic carbocycles. The highest BCUT2D eigenvalue weighted by atomic mass is 16.7. The maximum Gasteiger partial charge on any atom is 0.333 e. The predicted octanol–water partition coefficient (Wildman–Crippen LogP) is -1.14. The Hall–Kier alpha value is -2.00. The molecule has 0 aliphatic carbocycles. The lowest BCUT2D eigenvalue weighted by atomic mass is 10.2. The third kappa shape index (κ3) is 6.64. The van der Waals surface area contributed by atoms with Gasteiger partial charge in [0.1, 0.15) is 0 Å². The van der Waals surface area contributed by atoms with E-state index in [-0.39, 0.29) is 38.0 Å². The van der Waals surface area contributed by atoms with Gasteiger partial charge in [-0.05, 0) is 6.42 Å². The number of ether oxygens (including phenoxy) is 1. The maximum absolute atomic E-state index is 11.5. The summed E-state index contributed by atoms with van der Waals surface area (Å²) in [6.07, 6.45) is 0.480. The molecule has 22 heavy (non-hydrogen) atoms. The summed E-state index contributed by atoms with van der Waals surface area (Å²) in [6.45, 7) is 1.62. The number of hydrogen-bond acceptors (Lipinski definition) is 7. The fourth-order valence-corrected chi connectivity index (χ4v) is 1.74. The fourth-order valence-electron chi connectivity index (χ4n) is 1.74. The molecule has 1 aliphatic heterocycles. The average Bonchev–Trinajstić information content (AvgIpc) is 2.79. The van der Waals surface area contributed by atoms with Gasteiger partial charge in [-0.3, -0.25) is 14.4 Å². The molecule has 9 nitrogen and oxygen atoms in total. The first kappa shape index (κ1) is 18.1. The number of rotatable bonds is 10. The summed E-state index contributed by atoms with van der Waals surface area (Å²) in [7, 11) is 0. The molecule has 1 rings (SSSR count). The Morgan fingerprint density at radius 2 is 1.82 bits per heavy atom. The zero-order valence-corrected chi connectivity index (χ0v) is 12.3. The SMILES string of the molecule is NCCOCCNC(=O)CCCC(=O)ON1C(=O)CCC1=O. The van der Waals surface area contributed by atoms with Crippen molar-refractivity contribution in [1.29, 1.82) is 0 Å². The van der Waals surface area contributed by atoms with E-state index in [2.05, 4.69) is 10.2 Å². The van der Waals surface area contributed by atoms with E-state index in [9.17, 15) is 19.2 Å². The molecule has 1 aliphatic rings. The van der Waals surface area contributed by atoms with Crippen molar-refractivity contribution in [2.45, 2.75) is 32.1 Å². The van der Waals surface area contributed by atoms with Crippen LogP contribution >= 0.6 is 0 Å². The first-order valence-corrected chi connectivity index (χ1v) is 7.15. The van der Waals surface area contributed by atoms with Crippen molar-refractivity contribution in [3.63, 3.8) is 0 Å². The van der Waals surface area contributed by atoms with Crippen LogP contribution in [-0.4, -0.2) is 55.1 Å². The zero-order valence-electron chi connectivity index (χ0n) is 12.3. The van der Waals surface area contributed by atoms with Crippen molar-refractivity contribution < 1.29 is 28.8 Å². The lowest BCUT2D eigenvalue weighted by Crippen LogP contribution is -2.32. The lowest BCUT2D eigenvalue weighted by molar-refractivity contribution is -0.197. The molecule has 1 fully saturated rings. The number of nitrogens with two attached hydrogens (primary N) is 1. The van der Waals surface area contributed by atoms with Crippen molar-refractivity contribution in [3.05, 3.63) is 0 Å². The molecule has 0 aromatic heterocycles. The first-order chi connectivity index (χ1) is 10.5. The summed E-state index contributed by atoms with van der Waals surface area (Å²) in [5.41, 5.74) is 5.24. The predicted molar refractivity (Wildman–Crippen MR) is 73.9 cm³/mol. The molecular weight excluding hydrogens is 294 g/mol. The Balaban J connectivity index is 2.08. The number of amides is 3. The van der Waals surface area contributed by atoms with Crippen LogP contribution in [0, 0.1) is 0 Å². The molecule has 0 atom stereocenters. The van der Waals surface area contributed by atoms with Gasteiger partial charge in [-0.15, -0.1) is 5.06 Å². The van der Waals surface area contributed by atoms with E-state index >= 15 is 0 Å². The van der Waals surface area contributed by atoms with E-state index < -0.39 is 17.8 Å². The molecule has 3 N–H and O–H groups in total. The monoisotopic (exact) mass is 315 g/mol. The summed E-state index contributed by atoms with van der Waals surface area (Å²) in [6, 6.07) is 0. The minimum atomic E-state index is -0.706. The number of imide groups is 1. The third-order valence-electron chi connectivity index (χ3n) is 2.81. The van der Waals surface area contributed by atoms with Crippen molar-refractivity contribution in [3.8, 4) is 0 Å². The van der Waals surface area contributed by atoms with E-state index in [0.29, 0.717) is 31.4 Å². The van der Waals surface area contributed by atoms with Crippen molar-refractivity contribution >= 4 is 23.7 Å². The van der Waals surface area contributed by atoms with E-state index in [1.54, 1.807) is 0 Å². The highest BCUT2D eigenvalue weighted by molar-refractivity contribution is 6.01. The van der Waals surface area contributed by atoms with Crippen LogP contribution in [0.4, 0.5) is 0 Å². The second kappa shape index (κ2) is 9.85. The van der Waals surface area contributed by atoms with Gasteiger partial charge in [-0.1, -0.05) is 0 Å². The molecule has 0 radical (unpaired) electrons. The number of carbonyl (C=O) groups is 4. The summed E-state index contributed by atoms with van der Waals surface area (Å²) in [5, 5.41) is 3.12. The molecule has 0 aromatic rings. The number of nitrogens with one attached hydrogen (secondary N) is 1. The van der Waals surface area contributed by atoms with Gasteiger partial charge in [-0.2, -0.15) is 0 Å². The molecule has 0 spiro atoms. The molecule has 0 saturated carbocycles. The van der Waals surface area contributed by atoms with Crippen LogP contribution in [0.15, 0.2) is 0 Å². The maximum atomic E-state index is 11.5. The van der Waals surface area contributed by atoms with Crippen LogP contribution in [0.25, 0.3) is 0 Å². The Bertz CT molecular complexity index is 410. The molecule has 9 heteroatoms. The molecule has 124 valence electrons. The van der Waals surface area contributed by atoms with Gasteiger partial charge in [0.2, 0.25) is 5.91 Å². The van der Waals surface area contributed by atoms with E-state index in [0.717, 1.165) is 0 Å². The molecule has 0 unspecified atom stereocenters. The summed E-state index contributed by atoms with van der Waals surface area (Å²) >= 11 is 0. The normalized spacial score (nSPS) is 14.3. The standard InChI is InChI=1S/C13H21N3O6/c14-6-8-21-9-7-15-10(17)2-1-3-13(20)22-16-11(18)4-5-12(16)19/h1-9,14H2,(H,15,17). The van der Waals surface area contributed by atoms with E-state index in [4.69, 9.17) is 10.5 Å². The second-order valence-corrected chi connectivity index (χ2v) is 4.65. The van der Waals surface area contributed by atoms with Crippen LogP contribution in [0.5, 0.6) is 0 Å². The smallest absolute Gasteiger partial charge is 0.333 e. The highest BCUT2D eigenvalue weighted by Crippen LogP contribution is 2.13. The van der Waals surface area contributed by atoms with Gasteiger partial charge in [0.05, 0.1) is 13.2 Å². The minimum Gasteiger partial charge on any atom is -0.378 e. The van der Waals surface area contributed by atoms with Crippen molar-refractivity contribution in [1.82, 2.24) is 10.4 Å². The Morgan fingerprint density at radius 1 is 1.14 bits per heavy atom. The highest BCUT2D eigenvalue weighted by Gasteiger charge is 2.32. The van der Waals surface area contributed by atoms with Gasteiger partial charge in [0, 0.05) is 38.8 Å². The summed E-state index contributed by atoms with van der Waals surface area (Å²) in [4.78, 5) is 50.1. The second-order valence-electron chi connectivity index (χ2n) is 4.65. The molecule has 1 heterocycles. The van der Waals surface area contributed by atoms with Gasteiger partial charge in [0.25, 0.3) is 11.8 Å².